The van der Waals surface area contributed by atoms with Crippen molar-refractivity contribution in [2.24, 2.45) is 23.2 Å². The van der Waals surface area contributed by atoms with E-state index in [4.69, 9.17) is 9.16 Å². The monoisotopic (exact) mass is 705 g/mol. The predicted molar refractivity (Wildman–Crippen MR) is 218 cm³/mol. The lowest BCUT2D eigenvalue weighted by atomic mass is 9.97. The van der Waals surface area contributed by atoms with Gasteiger partial charge in [-0.05, 0) is 73.2 Å². The van der Waals surface area contributed by atoms with Gasteiger partial charge in [0.15, 0.2) is 0 Å². The Bertz CT molecular complexity index is 1130. The molecule has 3 atom stereocenters. The molecule has 0 aromatic heterocycles. The molecule has 1 saturated carbocycles. The SMILES string of the molecule is CC(CCO[Si](c1ccccc1)(c1ccccc1)C(C)(C)C)[C@H]1C[C@H]1CCCCCCCCCCCCCCCCCCOC(=O)C(C)(C)C. The first-order valence-electron chi connectivity index (χ1n) is 20.9. The summed E-state index contributed by atoms with van der Waals surface area (Å²) in [6, 6.07) is 22.2. The van der Waals surface area contributed by atoms with Crippen molar-refractivity contribution in [2.45, 2.75) is 176 Å². The van der Waals surface area contributed by atoms with Crippen molar-refractivity contribution in [3.8, 4) is 0 Å². The van der Waals surface area contributed by atoms with Crippen LogP contribution in [0.2, 0.25) is 5.04 Å². The van der Waals surface area contributed by atoms with Gasteiger partial charge in [0.05, 0.1) is 12.0 Å². The molecular formula is C46H76O3Si. The molecule has 282 valence electrons. The van der Waals surface area contributed by atoms with Crippen LogP contribution in [0.1, 0.15) is 170 Å². The molecular weight excluding hydrogens is 629 g/mol. The predicted octanol–water partition coefficient (Wildman–Crippen LogP) is 12.4. The number of hydrogen-bond donors (Lipinski definition) is 0. The van der Waals surface area contributed by atoms with Crippen LogP contribution in [-0.2, 0) is 14.0 Å². The van der Waals surface area contributed by atoms with Crippen molar-refractivity contribution < 1.29 is 14.0 Å². The number of carbonyl (C=O) groups is 1. The van der Waals surface area contributed by atoms with Crippen LogP contribution in [0.25, 0.3) is 0 Å². The molecule has 3 rings (SSSR count). The highest BCUT2D eigenvalue weighted by molar-refractivity contribution is 6.99. The van der Waals surface area contributed by atoms with Crippen LogP contribution >= 0.6 is 0 Å². The highest BCUT2D eigenvalue weighted by atomic mass is 28.4. The number of benzene rings is 2. The van der Waals surface area contributed by atoms with Crippen molar-refractivity contribution in [1.82, 2.24) is 0 Å². The highest BCUT2D eigenvalue weighted by Gasteiger charge is 2.50. The molecule has 2 aromatic rings. The zero-order valence-corrected chi connectivity index (χ0v) is 34.6. The molecule has 1 fully saturated rings. The van der Waals surface area contributed by atoms with Gasteiger partial charge in [0.2, 0.25) is 0 Å². The number of esters is 1. The van der Waals surface area contributed by atoms with Crippen molar-refractivity contribution in [1.29, 1.82) is 0 Å². The Morgan fingerprint density at radius 2 is 1.06 bits per heavy atom. The van der Waals surface area contributed by atoms with Gasteiger partial charge in [-0.1, -0.05) is 191 Å². The van der Waals surface area contributed by atoms with E-state index in [0.29, 0.717) is 6.61 Å². The van der Waals surface area contributed by atoms with Crippen LogP contribution in [0.4, 0.5) is 0 Å². The summed E-state index contributed by atoms with van der Waals surface area (Å²) in [7, 11) is -2.42. The van der Waals surface area contributed by atoms with Crippen LogP contribution in [0.5, 0.6) is 0 Å². The molecule has 0 amide bonds. The molecule has 0 bridgehead atoms. The molecule has 0 N–H and O–H groups in total. The van der Waals surface area contributed by atoms with Crippen LogP contribution < -0.4 is 10.4 Å². The molecule has 3 nitrogen and oxygen atoms in total. The van der Waals surface area contributed by atoms with E-state index in [9.17, 15) is 4.79 Å². The van der Waals surface area contributed by atoms with Crippen molar-refractivity contribution >= 4 is 24.7 Å². The Morgan fingerprint density at radius 3 is 1.48 bits per heavy atom. The topological polar surface area (TPSA) is 35.5 Å². The third-order valence-electron chi connectivity index (χ3n) is 11.3. The van der Waals surface area contributed by atoms with Gasteiger partial charge >= 0.3 is 5.97 Å². The molecule has 1 aliphatic carbocycles. The lowest BCUT2D eigenvalue weighted by molar-refractivity contribution is -0.153. The fourth-order valence-electron chi connectivity index (χ4n) is 8.04. The summed E-state index contributed by atoms with van der Waals surface area (Å²) < 4.78 is 12.5. The maximum Gasteiger partial charge on any atom is 0.311 e. The molecule has 1 unspecified atom stereocenters. The maximum atomic E-state index is 11.8. The van der Waals surface area contributed by atoms with E-state index < -0.39 is 8.32 Å². The van der Waals surface area contributed by atoms with Gasteiger partial charge < -0.3 is 9.16 Å². The first kappa shape index (κ1) is 42.5. The highest BCUT2D eigenvalue weighted by Crippen LogP contribution is 2.48. The first-order valence-corrected chi connectivity index (χ1v) is 22.8. The second kappa shape index (κ2) is 22.2. The molecule has 0 heterocycles. The van der Waals surface area contributed by atoms with E-state index in [2.05, 4.69) is 88.4 Å². The Balaban J connectivity index is 1.16. The van der Waals surface area contributed by atoms with Crippen molar-refractivity contribution in [2.75, 3.05) is 13.2 Å². The number of rotatable bonds is 26. The zero-order valence-electron chi connectivity index (χ0n) is 33.6. The summed E-state index contributed by atoms with van der Waals surface area (Å²) in [5, 5.41) is 2.83. The second-order valence-corrected chi connectivity index (χ2v) is 22.1. The van der Waals surface area contributed by atoms with Crippen LogP contribution in [-0.4, -0.2) is 27.5 Å². The maximum absolute atomic E-state index is 11.8. The van der Waals surface area contributed by atoms with Crippen LogP contribution in [0.15, 0.2) is 60.7 Å². The summed E-state index contributed by atoms with van der Waals surface area (Å²) in [5.41, 5.74) is -0.382. The van der Waals surface area contributed by atoms with E-state index >= 15 is 0 Å². The van der Waals surface area contributed by atoms with Gasteiger partial charge in [0.25, 0.3) is 8.32 Å². The normalized spacial score (nSPS) is 17.1. The zero-order chi connectivity index (χ0) is 36.3. The summed E-state index contributed by atoms with van der Waals surface area (Å²) in [6.45, 7) is 16.8. The number of hydrogen-bond acceptors (Lipinski definition) is 3. The van der Waals surface area contributed by atoms with Gasteiger partial charge in [-0.25, -0.2) is 0 Å². The van der Waals surface area contributed by atoms with Crippen LogP contribution in [0.3, 0.4) is 0 Å². The van der Waals surface area contributed by atoms with E-state index in [1.165, 1.54) is 126 Å². The molecule has 1 aliphatic rings. The fraction of sp³-hybridized carbons (Fsp3) is 0.717. The Labute approximate surface area is 310 Å². The third kappa shape index (κ3) is 14.6. The van der Waals surface area contributed by atoms with Gasteiger partial charge in [0.1, 0.15) is 0 Å². The number of ether oxygens (including phenoxy) is 1. The lowest BCUT2D eigenvalue weighted by Crippen LogP contribution is -2.66. The van der Waals surface area contributed by atoms with Crippen molar-refractivity contribution in [3.05, 3.63) is 60.7 Å². The average Bonchev–Trinajstić information content (AvgIpc) is 3.87. The second-order valence-electron chi connectivity index (χ2n) is 17.8. The van der Waals surface area contributed by atoms with E-state index in [0.717, 1.165) is 30.8 Å². The summed E-state index contributed by atoms with van der Waals surface area (Å²) in [5.74, 6) is 2.55. The Morgan fingerprint density at radius 1 is 0.640 bits per heavy atom. The lowest BCUT2D eigenvalue weighted by Gasteiger charge is -2.43. The number of unbranched alkanes of at least 4 members (excludes halogenated alkanes) is 15. The number of carbonyl (C=O) groups excluding carboxylic acids is 1. The van der Waals surface area contributed by atoms with E-state index in [1.807, 2.05) is 20.8 Å². The minimum absolute atomic E-state index is 0.0516. The van der Waals surface area contributed by atoms with Crippen LogP contribution in [0, 0.1) is 23.2 Å². The Kier molecular flexibility index (Phi) is 18.9. The van der Waals surface area contributed by atoms with Gasteiger partial charge in [0, 0.05) is 6.61 Å². The fourth-order valence-corrected chi connectivity index (χ4v) is 12.6. The smallest absolute Gasteiger partial charge is 0.311 e. The molecule has 4 heteroatoms. The van der Waals surface area contributed by atoms with E-state index in [1.54, 1.807) is 0 Å². The minimum atomic E-state index is -2.42. The Hall–Kier alpha value is -1.91. The van der Waals surface area contributed by atoms with Gasteiger partial charge in [-0.2, -0.15) is 0 Å². The molecule has 50 heavy (non-hydrogen) atoms. The molecule has 0 spiro atoms. The molecule has 0 aliphatic heterocycles. The summed E-state index contributed by atoms with van der Waals surface area (Å²) >= 11 is 0. The average molecular weight is 705 g/mol. The third-order valence-corrected chi connectivity index (χ3v) is 16.4. The minimum Gasteiger partial charge on any atom is -0.465 e. The summed E-state index contributed by atoms with van der Waals surface area (Å²) in [4.78, 5) is 11.8. The van der Waals surface area contributed by atoms with Gasteiger partial charge in [-0.3, -0.25) is 4.79 Å². The largest absolute Gasteiger partial charge is 0.465 e. The molecule has 0 radical (unpaired) electrons. The van der Waals surface area contributed by atoms with E-state index in [-0.39, 0.29) is 16.4 Å². The first-order chi connectivity index (χ1) is 24.0. The standard InChI is InChI=1S/C46H76O3Si/c1-39(35-37-49-50(46(5,6)7,41-31-25-22-26-32-41)42-33-27-23-28-34-42)43-38-40(43)30-24-20-18-16-14-12-10-8-9-11-13-15-17-19-21-29-36-48-44(47)45(2,3)4/h22-23,25-28,31-34,39-40,43H,8-21,24,29-30,35-38H2,1-7H3/t39?,40-,43-/m1/s1. The summed E-state index contributed by atoms with van der Waals surface area (Å²) in [6.07, 6.45) is 25.8. The van der Waals surface area contributed by atoms with Gasteiger partial charge in [-0.15, -0.1) is 0 Å². The molecule has 0 saturated heterocycles. The van der Waals surface area contributed by atoms with Crippen molar-refractivity contribution in [3.63, 3.8) is 0 Å². The quantitative estimate of drug-likeness (QED) is 0.0555. The molecule has 2 aromatic carbocycles.